The van der Waals surface area contributed by atoms with Crippen LogP contribution in [0.15, 0.2) is 4.79 Å². The number of anilines is 3. The average molecular weight is 155 g/mol. The van der Waals surface area contributed by atoms with Crippen molar-refractivity contribution in [3.8, 4) is 0 Å². The standard InChI is InChI=1S/C5H9N5O/c1-8-3-2(6)4(11)10-5(7)9-3/h6H2,1H3,(H4,7,8,9,10,11). The second-order valence-corrected chi connectivity index (χ2v) is 1.96. The summed E-state index contributed by atoms with van der Waals surface area (Å²) in [5, 5.41) is 2.64. The number of aromatic amines is 1. The second-order valence-electron chi connectivity index (χ2n) is 1.96. The Labute approximate surface area is 62.6 Å². The van der Waals surface area contributed by atoms with Crippen LogP contribution < -0.4 is 22.3 Å². The molecule has 1 rings (SSSR count). The first-order valence-electron chi connectivity index (χ1n) is 2.98. The molecule has 0 unspecified atom stereocenters. The van der Waals surface area contributed by atoms with E-state index in [0.29, 0.717) is 5.82 Å². The fourth-order valence-electron chi connectivity index (χ4n) is 0.690. The molecule has 60 valence electrons. The zero-order chi connectivity index (χ0) is 8.43. The van der Waals surface area contributed by atoms with Crippen LogP contribution in [0.2, 0.25) is 0 Å². The van der Waals surface area contributed by atoms with Crippen molar-refractivity contribution in [1.82, 2.24) is 9.97 Å². The summed E-state index contributed by atoms with van der Waals surface area (Å²) >= 11 is 0. The van der Waals surface area contributed by atoms with Crippen LogP contribution in [0.4, 0.5) is 17.5 Å². The number of nitrogen functional groups attached to an aromatic ring is 2. The Bertz CT molecular complexity index is 317. The molecule has 0 aromatic carbocycles. The lowest BCUT2D eigenvalue weighted by Gasteiger charge is -2.02. The van der Waals surface area contributed by atoms with Gasteiger partial charge in [0.15, 0.2) is 5.82 Å². The zero-order valence-corrected chi connectivity index (χ0v) is 6.01. The zero-order valence-electron chi connectivity index (χ0n) is 6.01. The van der Waals surface area contributed by atoms with E-state index in [9.17, 15) is 4.79 Å². The molecule has 1 aromatic rings. The van der Waals surface area contributed by atoms with Crippen molar-refractivity contribution >= 4 is 17.5 Å². The van der Waals surface area contributed by atoms with Crippen LogP contribution in [0.1, 0.15) is 0 Å². The molecule has 0 saturated carbocycles. The Morgan fingerprint density at radius 3 is 2.73 bits per heavy atom. The molecule has 6 N–H and O–H groups in total. The fourth-order valence-corrected chi connectivity index (χ4v) is 0.690. The van der Waals surface area contributed by atoms with E-state index in [1.165, 1.54) is 0 Å². The Kier molecular flexibility index (Phi) is 1.67. The molecule has 0 aliphatic rings. The molecule has 11 heavy (non-hydrogen) atoms. The minimum Gasteiger partial charge on any atom is -0.391 e. The van der Waals surface area contributed by atoms with E-state index in [4.69, 9.17) is 11.5 Å². The lowest BCUT2D eigenvalue weighted by molar-refractivity contribution is 1.14. The molecule has 0 saturated heterocycles. The Balaban J connectivity index is 3.36. The minimum absolute atomic E-state index is 0.0432. The lowest BCUT2D eigenvalue weighted by Crippen LogP contribution is -2.17. The van der Waals surface area contributed by atoms with E-state index in [1.807, 2.05) is 0 Å². The number of rotatable bonds is 1. The van der Waals surface area contributed by atoms with Crippen molar-refractivity contribution in [2.24, 2.45) is 0 Å². The predicted molar refractivity (Wildman–Crippen MR) is 43.2 cm³/mol. The number of hydrogen-bond acceptors (Lipinski definition) is 5. The van der Waals surface area contributed by atoms with Gasteiger partial charge in [-0.15, -0.1) is 0 Å². The third kappa shape index (κ3) is 1.23. The largest absolute Gasteiger partial charge is 0.391 e. The Morgan fingerprint density at radius 1 is 1.55 bits per heavy atom. The molecule has 6 nitrogen and oxygen atoms in total. The predicted octanol–water partition coefficient (Wildman–Crippen LogP) is -1.02. The normalized spacial score (nSPS) is 9.55. The molecule has 0 atom stereocenters. The van der Waals surface area contributed by atoms with Gasteiger partial charge in [0.25, 0.3) is 5.56 Å². The quantitative estimate of drug-likeness (QED) is 0.414. The molecule has 0 aliphatic carbocycles. The Hall–Kier alpha value is -1.72. The third-order valence-corrected chi connectivity index (χ3v) is 1.21. The topological polar surface area (TPSA) is 110 Å². The van der Waals surface area contributed by atoms with Crippen LogP contribution in [0.5, 0.6) is 0 Å². The highest BCUT2D eigenvalue weighted by molar-refractivity contribution is 5.60. The first-order valence-corrected chi connectivity index (χ1v) is 2.98. The molecule has 0 radical (unpaired) electrons. The van der Waals surface area contributed by atoms with Gasteiger partial charge in [-0.05, 0) is 0 Å². The number of nitrogens with zero attached hydrogens (tertiary/aromatic N) is 1. The maximum absolute atomic E-state index is 10.9. The molecular weight excluding hydrogens is 146 g/mol. The van der Waals surface area contributed by atoms with Gasteiger partial charge in [0.2, 0.25) is 5.95 Å². The van der Waals surface area contributed by atoms with Gasteiger partial charge in [-0.1, -0.05) is 0 Å². The number of aromatic nitrogens is 2. The highest BCUT2D eigenvalue weighted by atomic mass is 16.1. The number of hydrogen-bond donors (Lipinski definition) is 4. The molecule has 1 aromatic heterocycles. The monoisotopic (exact) mass is 155 g/mol. The summed E-state index contributed by atoms with van der Waals surface area (Å²) in [5.74, 6) is 0.347. The molecule has 0 bridgehead atoms. The fraction of sp³-hybridized carbons (Fsp3) is 0.200. The molecule has 0 amide bonds. The van der Waals surface area contributed by atoms with Crippen molar-refractivity contribution in [3.05, 3.63) is 10.4 Å². The first-order chi connectivity index (χ1) is 5.15. The van der Waals surface area contributed by atoms with Crippen LogP contribution in [-0.2, 0) is 0 Å². The van der Waals surface area contributed by atoms with Gasteiger partial charge in [-0.3, -0.25) is 9.78 Å². The highest BCUT2D eigenvalue weighted by Gasteiger charge is 2.03. The molecule has 0 aliphatic heterocycles. The summed E-state index contributed by atoms with van der Waals surface area (Å²) in [5.41, 5.74) is 10.2. The first kappa shape index (κ1) is 7.39. The van der Waals surface area contributed by atoms with Gasteiger partial charge < -0.3 is 16.8 Å². The summed E-state index contributed by atoms with van der Waals surface area (Å²) in [7, 11) is 1.61. The van der Waals surface area contributed by atoms with E-state index in [1.54, 1.807) is 7.05 Å². The van der Waals surface area contributed by atoms with Gasteiger partial charge in [-0.25, -0.2) is 0 Å². The third-order valence-electron chi connectivity index (χ3n) is 1.21. The van der Waals surface area contributed by atoms with Gasteiger partial charge in [0.1, 0.15) is 5.69 Å². The van der Waals surface area contributed by atoms with Gasteiger partial charge in [0, 0.05) is 7.05 Å². The molecular formula is C5H9N5O. The van der Waals surface area contributed by atoms with Crippen molar-refractivity contribution in [2.75, 3.05) is 23.8 Å². The van der Waals surface area contributed by atoms with Crippen molar-refractivity contribution < 1.29 is 0 Å². The SMILES string of the molecule is CNc1nc(N)[nH]c(=O)c1N. The van der Waals surface area contributed by atoms with E-state index in [0.717, 1.165) is 0 Å². The van der Waals surface area contributed by atoms with Crippen LogP contribution in [0.25, 0.3) is 0 Å². The molecule has 0 spiro atoms. The summed E-state index contributed by atoms with van der Waals surface area (Å²) in [6.45, 7) is 0. The Morgan fingerprint density at radius 2 is 2.18 bits per heavy atom. The number of H-pyrrole nitrogens is 1. The lowest BCUT2D eigenvalue weighted by atomic mass is 10.5. The number of nitrogens with two attached hydrogens (primary N) is 2. The molecule has 1 heterocycles. The van der Waals surface area contributed by atoms with Crippen LogP contribution in [0.3, 0.4) is 0 Å². The molecule has 6 heteroatoms. The van der Waals surface area contributed by atoms with Crippen LogP contribution >= 0.6 is 0 Å². The van der Waals surface area contributed by atoms with Crippen molar-refractivity contribution in [3.63, 3.8) is 0 Å². The van der Waals surface area contributed by atoms with E-state index in [2.05, 4.69) is 15.3 Å². The summed E-state index contributed by atoms with van der Waals surface area (Å²) in [6.07, 6.45) is 0. The second kappa shape index (κ2) is 2.49. The smallest absolute Gasteiger partial charge is 0.277 e. The van der Waals surface area contributed by atoms with Crippen LogP contribution in [-0.4, -0.2) is 17.0 Å². The number of nitrogens with one attached hydrogen (secondary N) is 2. The summed E-state index contributed by atoms with van der Waals surface area (Å²) in [4.78, 5) is 16.9. The van der Waals surface area contributed by atoms with Gasteiger partial charge in [-0.2, -0.15) is 4.98 Å². The van der Waals surface area contributed by atoms with E-state index in [-0.39, 0.29) is 11.6 Å². The van der Waals surface area contributed by atoms with Gasteiger partial charge >= 0.3 is 0 Å². The minimum atomic E-state index is -0.429. The maximum atomic E-state index is 10.9. The summed E-state index contributed by atoms with van der Waals surface area (Å²) < 4.78 is 0. The average Bonchev–Trinajstić information content (AvgIpc) is 1.96. The molecule has 0 fully saturated rings. The van der Waals surface area contributed by atoms with Crippen molar-refractivity contribution in [2.45, 2.75) is 0 Å². The van der Waals surface area contributed by atoms with Crippen molar-refractivity contribution in [1.29, 1.82) is 0 Å². The van der Waals surface area contributed by atoms with Gasteiger partial charge in [0.05, 0.1) is 0 Å². The summed E-state index contributed by atoms with van der Waals surface area (Å²) in [6, 6.07) is 0. The maximum Gasteiger partial charge on any atom is 0.277 e. The van der Waals surface area contributed by atoms with E-state index < -0.39 is 5.56 Å². The van der Waals surface area contributed by atoms with E-state index >= 15 is 0 Å². The van der Waals surface area contributed by atoms with Crippen LogP contribution in [0, 0.1) is 0 Å². The highest BCUT2D eigenvalue weighted by Crippen LogP contribution is 2.07.